The number of carboxylic acids is 1. The van der Waals surface area contributed by atoms with Crippen LogP contribution in [0.1, 0.15) is 23.5 Å². The van der Waals surface area contributed by atoms with Gasteiger partial charge in [-0.1, -0.05) is 48.5 Å². The lowest BCUT2D eigenvalue weighted by Gasteiger charge is -2.17. The van der Waals surface area contributed by atoms with Gasteiger partial charge in [-0.25, -0.2) is 8.42 Å². The molecule has 9 heteroatoms. The summed E-state index contributed by atoms with van der Waals surface area (Å²) < 4.78 is 28.3. The zero-order valence-corrected chi connectivity index (χ0v) is 18.0. The van der Waals surface area contributed by atoms with E-state index in [1.165, 1.54) is 12.1 Å². The van der Waals surface area contributed by atoms with Crippen molar-refractivity contribution >= 4 is 44.7 Å². The van der Waals surface area contributed by atoms with Gasteiger partial charge in [0.1, 0.15) is 0 Å². The molecule has 0 aliphatic carbocycles. The Kier molecular flexibility index (Phi) is 6.88. The zero-order chi connectivity index (χ0) is 22.4. The number of carbonyl (C=O) groups is 1. The molecule has 0 aromatic heterocycles. The molecule has 0 saturated heterocycles. The van der Waals surface area contributed by atoms with E-state index in [1.54, 1.807) is 36.4 Å². The molecule has 7 nitrogen and oxygen atoms in total. The Hall–Kier alpha value is -3.43. The molecule has 1 unspecified atom stereocenters. The van der Waals surface area contributed by atoms with Gasteiger partial charge in [-0.3, -0.25) is 9.52 Å². The lowest BCUT2D eigenvalue weighted by atomic mass is 9.88. The fourth-order valence-corrected chi connectivity index (χ4v) is 4.42. The molecule has 0 bridgehead atoms. The summed E-state index contributed by atoms with van der Waals surface area (Å²) in [5.41, 5.74) is 7.76. The molecule has 0 heterocycles. The monoisotopic (exact) mass is 455 g/mol. The Balaban J connectivity index is 1.90. The van der Waals surface area contributed by atoms with Crippen LogP contribution in [0.4, 0.5) is 11.4 Å². The number of rotatable bonds is 8. The topological polar surface area (TPSA) is 122 Å². The Morgan fingerprint density at radius 2 is 1.58 bits per heavy atom. The molecule has 5 N–H and O–H groups in total. The normalized spacial score (nSPS) is 12.0. The molecule has 0 spiro atoms. The number of hydrogen-bond donors (Lipinski definition) is 4. The average molecular weight is 456 g/mol. The molecule has 0 radical (unpaired) electrons. The number of nitrogens with one attached hydrogen (secondary N) is 2. The van der Waals surface area contributed by atoms with Crippen LogP contribution in [0.2, 0.25) is 0 Å². The van der Waals surface area contributed by atoms with Crippen molar-refractivity contribution in [1.82, 2.24) is 0 Å². The second kappa shape index (κ2) is 9.59. The van der Waals surface area contributed by atoms with Crippen LogP contribution in [0.5, 0.6) is 0 Å². The highest BCUT2D eigenvalue weighted by Crippen LogP contribution is 2.30. The second-order valence-corrected chi connectivity index (χ2v) is 8.93. The third-order valence-corrected chi connectivity index (χ3v) is 6.01. The molecule has 160 valence electrons. The molecule has 3 rings (SSSR count). The van der Waals surface area contributed by atoms with Gasteiger partial charge in [0.05, 0.1) is 11.3 Å². The van der Waals surface area contributed by atoms with Gasteiger partial charge >= 0.3 is 5.97 Å². The molecule has 3 aromatic rings. The van der Waals surface area contributed by atoms with Crippen molar-refractivity contribution in [2.24, 2.45) is 5.73 Å². The van der Waals surface area contributed by atoms with Crippen molar-refractivity contribution in [2.75, 3.05) is 10.0 Å². The van der Waals surface area contributed by atoms with Gasteiger partial charge in [-0.05, 0) is 53.7 Å². The molecular formula is C22H21N3O4S2. The minimum atomic E-state index is -3.89. The van der Waals surface area contributed by atoms with Crippen LogP contribution < -0.4 is 15.8 Å². The lowest BCUT2D eigenvalue weighted by molar-refractivity contribution is -0.137. The fraction of sp³-hybridized carbons (Fsp3) is 0.0909. The summed E-state index contributed by atoms with van der Waals surface area (Å²) in [5.74, 6) is -1.36. The van der Waals surface area contributed by atoms with Gasteiger partial charge in [0, 0.05) is 17.3 Å². The quantitative estimate of drug-likeness (QED) is 0.382. The highest BCUT2D eigenvalue weighted by atomic mass is 32.2. The Morgan fingerprint density at radius 1 is 0.935 bits per heavy atom. The smallest absolute Gasteiger partial charge is 0.304 e. The summed E-state index contributed by atoms with van der Waals surface area (Å²) in [7, 11) is -3.89. The molecular weight excluding hydrogens is 434 g/mol. The zero-order valence-electron chi connectivity index (χ0n) is 16.4. The van der Waals surface area contributed by atoms with Crippen molar-refractivity contribution in [2.45, 2.75) is 17.2 Å². The van der Waals surface area contributed by atoms with Crippen LogP contribution in [-0.4, -0.2) is 24.6 Å². The van der Waals surface area contributed by atoms with Crippen LogP contribution in [-0.2, 0) is 14.8 Å². The first kappa shape index (κ1) is 22.3. The third-order valence-electron chi connectivity index (χ3n) is 4.53. The molecule has 1 atom stereocenters. The largest absolute Gasteiger partial charge is 0.481 e. The van der Waals surface area contributed by atoms with Crippen LogP contribution in [0.3, 0.4) is 0 Å². The van der Waals surface area contributed by atoms with Crippen LogP contribution >= 0.6 is 12.2 Å². The van der Waals surface area contributed by atoms with E-state index in [1.807, 2.05) is 30.3 Å². The van der Waals surface area contributed by atoms with Crippen molar-refractivity contribution in [3.63, 3.8) is 0 Å². The fourth-order valence-electron chi connectivity index (χ4n) is 3.20. The van der Waals surface area contributed by atoms with Gasteiger partial charge < -0.3 is 16.2 Å². The van der Waals surface area contributed by atoms with E-state index in [9.17, 15) is 18.3 Å². The second-order valence-electron chi connectivity index (χ2n) is 6.81. The van der Waals surface area contributed by atoms with Gasteiger partial charge in [0.2, 0.25) is 0 Å². The maximum atomic E-state index is 12.9. The first-order valence-corrected chi connectivity index (χ1v) is 11.2. The maximum absolute atomic E-state index is 12.9. The Morgan fingerprint density at radius 3 is 2.26 bits per heavy atom. The van der Waals surface area contributed by atoms with Crippen molar-refractivity contribution in [3.05, 3.63) is 90.0 Å². The molecule has 3 aromatic carbocycles. The number of nitrogens with two attached hydrogens (primary N) is 1. The van der Waals surface area contributed by atoms with E-state index in [0.29, 0.717) is 16.9 Å². The minimum absolute atomic E-state index is 0.0283. The summed E-state index contributed by atoms with van der Waals surface area (Å²) in [5, 5.41) is 12.1. The summed E-state index contributed by atoms with van der Waals surface area (Å²) in [4.78, 5) is 11.5. The number of benzene rings is 3. The van der Waals surface area contributed by atoms with Crippen LogP contribution in [0.25, 0.3) is 0 Å². The van der Waals surface area contributed by atoms with Crippen molar-refractivity contribution < 1.29 is 18.3 Å². The number of aliphatic carboxylic acids is 1. The average Bonchev–Trinajstić information content (AvgIpc) is 2.72. The minimum Gasteiger partial charge on any atom is -0.481 e. The first-order valence-electron chi connectivity index (χ1n) is 9.30. The number of anilines is 2. The number of sulfonamides is 1. The summed E-state index contributed by atoms with van der Waals surface area (Å²) in [6.07, 6.45) is -0.118. The summed E-state index contributed by atoms with van der Waals surface area (Å²) in [6.45, 7) is 0. The van der Waals surface area contributed by atoms with E-state index in [-0.39, 0.29) is 16.4 Å². The number of carboxylic acid groups (broad SMARTS) is 1. The summed E-state index contributed by atoms with van der Waals surface area (Å²) in [6, 6.07) is 22.1. The SMILES string of the molecule is NC(=S)Nc1cccc(S(=O)(=O)Nc2cccc(C(CC(=O)O)c3ccccc3)c2)c1. The van der Waals surface area contributed by atoms with Crippen LogP contribution in [0.15, 0.2) is 83.8 Å². The molecule has 0 amide bonds. The number of hydrogen-bond acceptors (Lipinski definition) is 4. The van der Waals surface area contributed by atoms with E-state index < -0.39 is 21.9 Å². The van der Waals surface area contributed by atoms with E-state index in [0.717, 1.165) is 5.56 Å². The van der Waals surface area contributed by atoms with E-state index in [2.05, 4.69) is 10.0 Å². The predicted molar refractivity (Wildman–Crippen MR) is 125 cm³/mol. The van der Waals surface area contributed by atoms with Crippen molar-refractivity contribution in [3.8, 4) is 0 Å². The van der Waals surface area contributed by atoms with Gasteiger partial charge in [0.25, 0.3) is 10.0 Å². The van der Waals surface area contributed by atoms with Crippen molar-refractivity contribution in [1.29, 1.82) is 0 Å². The predicted octanol–water partition coefficient (Wildman–Crippen LogP) is 3.75. The Labute approximate surface area is 186 Å². The first-order chi connectivity index (χ1) is 14.7. The molecule has 0 fully saturated rings. The molecule has 0 aliphatic heterocycles. The summed E-state index contributed by atoms with van der Waals surface area (Å²) >= 11 is 4.79. The van der Waals surface area contributed by atoms with Gasteiger partial charge in [-0.2, -0.15) is 0 Å². The van der Waals surface area contributed by atoms with Crippen LogP contribution in [0, 0.1) is 0 Å². The maximum Gasteiger partial charge on any atom is 0.304 e. The lowest BCUT2D eigenvalue weighted by Crippen LogP contribution is -2.19. The molecule has 0 aliphatic rings. The third kappa shape index (κ3) is 6.03. The highest BCUT2D eigenvalue weighted by molar-refractivity contribution is 7.92. The van der Waals surface area contributed by atoms with E-state index >= 15 is 0 Å². The van der Waals surface area contributed by atoms with E-state index in [4.69, 9.17) is 18.0 Å². The number of thiocarbonyl (C=S) groups is 1. The highest BCUT2D eigenvalue weighted by Gasteiger charge is 2.20. The molecule has 0 saturated carbocycles. The molecule has 31 heavy (non-hydrogen) atoms. The van der Waals surface area contributed by atoms with Gasteiger partial charge in [0.15, 0.2) is 5.11 Å². The Bertz CT molecular complexity index is 1200. The standard InChI is InChI=1S/C22H21N3O4S2/c23-22(30)24-17-9-5-11-19(13-17)31(28,29)25-18-10-4-8-16(12-18)20(14-21(26)27)15-6-2-1-3-7-15/h1-13,20,25H,14H2,(H,26,27)(H3,23,24,30). The van der Waals surface area contributed by atoms with Gasteiger partial charge in [-0.15, -0.1) is 0 Å².